The topological polar surface area (TPSA) is 137 Å². The highest BCUT2D eigenvalue weighted by molar-refractivity contribution is 6.39. The van der Waals surface area contributed by atoms with Crippen LogP contribution < -0.4 is 24.4 Å². The van der Waals surface area contributed by atoms with Crippen LogP contribution in [0.1, 0.15) is 18.1 Å². The number of ether oxygens (including phenoxy) is 3. The molecule has 1 aliphatic heterocycles. The van der Waals surface area contributed by atoms with Gasteiger partial charge in [0.1, 0.15) is 11.3 Å². The number of alkyl halides is 3. The quantitative estimate of drug-likeness (QED) is 0.140. The van der Waals surface area contributed by atoms with E-state index in [1.807, 2.05) is 0 Å². The van der Waals surface area contributed by atoms with Crippen LogP contribution in [0.4, 0.5) is 29.3 Å². The van der Waals surface area contributed by atoms with Crippen LogP contribution in [0.3, 0.4) is 0 Å². The second kappa shape index (κ2) is 11.8. The van der Waals surface area contributed by atoms with E-state index in [0.29, 0.717) is 17.9 Å². The lowest BCUT2D eigenvalue weighted by atomic mass is 10.1. The molecule has 11 nitrogen and oxygen atoms in total. The summed E-state index contributed by atoms with van der Waals surface area (Å²) in [6, 6.07) is 9.19. The minimum atomic E-state index is -4.83. The number of methoxy groups -OCH3 is 1. The number of anilines is 1. The molecule has 4 rings (SSSR count). The van der Waals surface area contributed by atoms with Crippen LogP contribution in [0.15, 0.2) is 60.2 Å². The largest absolute Gasteiger partial charge is 0.497 e. The maximum absolute atomic E-state index is 13.2. The number of barbiturate groups is 1. The van der Waals surface area contributed by atoms with Crippen molar-refractivity contribution in [3.63, 3.8) is 0 Å². The summed E-state index contributed by atoms with van der Waals surface area (Å²) < 4.78 is 55.4. The SMILES string of the molecule is CCOc1cc(/C=C2\C(=O)NC(=O)N(c3ccc(OC)cc3)C2=O)cc(Cl)c1Oc1ccc(C(F)(F)F)cc1[N+](=O)[O-]. The zero-order chi connectivity index (χ0) is 30.8. The molecule has 1 aliphatic rings. The number of carbonyl (C=O) groups excluding carboxylic acids is 3. The van der Waals surface area contributed by atoms with Crippen molar-refractivity contribution < 1.29 is 46.7 Å². The van der Waals surface area contributed by atoms with E-state index in [0.717, 1.165) is 17.0 Å². The first-order valence-corrected chi connectivity index (χ1v) is 12.3. The first kappa shape index (κ1) is 29.9. The van der Waals surface area contributed by atoms with Crippen molar-refractivity contribution in [3.8, 4) is 23.0 Å². The summed E-state index contributed by atoms with van der Waals surface area (Å²) in [6.07, 6.45) is -3.69. The van der Waals surface area contributed by atoms with E-state index in [1.54, 1.807) is 6.92 Å². The van der Waals surface area contributed by atoms with Gasteiger partial charge in [-0.3, -0.25) is 25.0 Å². The first-order valence-electron chi connectivity index (χ1n) is 11.9. The maximum Gasteiger partial charge on any atom is 0.416 e. The molecule has 0 atom stereocenters. The number of rotatable bonds is 8. The second-order valence-electron chi connectivity index (χ2n) is 8.46. The van der Waals surface area contributed by atoms with E-state index in [1.165, 1.54) is 43.5 Å². The summed E-state index contributed by atoms with van der Waals surface area (Å²) in [5, 5.41) is 13.4. The number of benzene rings is 3. The molecule has 1 N–H and O–H groups in total. The number of nitro groups is 1. The van der Waals surface area contributed by atoms with Crippen molar-refractivity contribution in [2.45, 2.75) is 13.1 Å². The zero-order valence-corrected chi connectivity index (χ0v) is 22.4. The minimum Gasteiger partial charge on any atom is -0.497 e. The third-order valence-corrected chi connectivity index (χ3v) is 6.05. The predicted molar refractivity (Wildman–Crippen MR) is 143 cm³/mol. The zero-order valence-electron chi connectivity index (χ0n) is 21.7. The van der Waals surface area contributed by atoms with Gasteiger partial charge in [-0.05, 0) is 67.1 Å². The maximum atomic E-state index is 13.2. The highest BCUT2D eigenvalue weighted by Gasteiger charge is 2.37. The fourth-order valence-corrected chi connectivity index (χ4v) is 4.11. The Morgan fingerprint density at radius 1 is 1.05 bits per heavy atom. The Balaban J connectivity index is 1.73. The Morgan fingerprint density at radius 3 is 2.33 bits per heavy atom. The number of carbonyl (C=O) groups is 3. The number of urea groups is 1. The van der Waals surface area contributed by atoms with Gasteiger partial charge in [0.25, 0.3) is 11.8 Å². The van der Waals surface area contributed by atoms with Gasteiger partial charge in [-0.1, -0.05) is 11.6 Å². The average molecular weight is 606 g/mol. The molecule has 0 aliphatic carbocycles. The van der Waals surface area contributed by atoms with E-state index in [9.17, 15) is 37.7 Å². The summed E-state index contributed by atoms with van der Waals surface area (Å²) in [4.78, 5) is 49.5. The minimum absolute atomic E-state index is 0.0426. The molecule has 0 radical (unpaired) electrons. The summed E-state index contributed by atoms with van der Waals surface area (Å²) >= 11 is 6.38. The number of amides is 4. The van der Waals surface area contributed by atoms with Crippen LogP contribution in [-0.4, -0.2) is 36.5 Å². The van der Waals surface area contributed by atoms with Crippen molar-refractivity contribution in [2.75, 3.05) is 18.6 Å². The van der Waals surface area contributed by atoms with Crippen molar-refractivity contribution in [1.29, 1.82) is 0 Å². The number of nitrogens with zero attached hydrogens (tertiary/aromatic N) is 2. The van der Waals surface area contributed by atoms with Crippen LogP contribution in [0, 0.1) is 10.1 Å². The van der Waals surface area contributed by atoms with E-state index in [4.69, 9.17) is 25.8 Å². The molecular weight excluding hydrogens is 587 g/mol. The van der Waals surface area contributed by atoms with Crippen molar-refractivity contribution in [1.82, 2.24) is 5.32 Å². The van der Waals surface area contributed by atoms with Gasteiger partial charge in [0.2, 0.25) is 5.75 Å². The third-order valence-electron chi connectivity index (χ3n) is 5.77. The van der Waals surface area contributed by atoms with Crippen molar-refractivity contribution in [3.05, 3.63) is 86.4 Å². The van der Waals surface area contributed by atoms with Gasteiger partial charge in [0.05, 0.1) is 34.9 Å². The fourth-order valence-electron chi connectivity index (χ4n) is 3.86. The van der Waals surface area contributed by atoms with Crippen LogP contribution in [0.2, 0.25) is 5.02 Å². The summed E-state index contributed by atoms with van der Waals surface area (Å²) in [6.45, 7) is 1.64. The fraction of sp³-hybridized carbons (Fsp3) is 0.148. The van der Waals surface area contributed by atoms with Crippen LogP contribution >= 0.6 is 11.6 Å². The number of imide groups is 2. The highest BCUT2D eigenvalue weighted by atomic mass is 35.5. The molecule has 0 bridgehead atoms. The van der Waals surface area contributed by atoms with Gasteiger partial charge < -0.3 is 14.2 Å². The number of hydrogen-bond acceptors (Lipinski definition) is 8. The van der Waals surface area contributed by atoms with Gasteiger partial charge in [-0.15, -0.1) is 0 Å². The molecule has 218 valence electrons. The molecule has 42 heavy (non-hydrogen) atoms. The summed E-state index contributed by atoms with van der Waals surface area (Å²) in [5.74, 6) is -2.36. The molecule has 1 heterocycles. The lowest BCUT2D eigenvalue weighted by Crippen LogP contribution is -2.54. The number of nitro benzene ring substituents is 1. The van der Waals surface area contributed by atoms with Crippen LogP contribution in [-0.2, 0) is 15.8 Å². The molecule has 4 amide bonds. The normalized spacial score (nSPS) is 14.6. The molecule has 0 spiro atoms. The predicted octanol–water partition coefficient (Wildman–Crippen LogP) is 6.13. The molecule has 15 heteroatoms. The molecule has 3 aromatic rings. The molecule has 3 aromatic carbocycles. The Bertz CT molecular complexity index is 1620. The molecule has 1 fully saturated rings. The number of nitrogens with one attached hydrogen (secondary N) is 1. The smallest absolute Gasteiger partial charge is 0.416 e. The Kier molecular flexibility index (Phi) is 8.38. The summed E-state index contributed by atoms with van der Waals surface area (Å²) in [5.41, 5.74) is -2.36. The highest BCUT2D eigenvalue weighted by Crippen LogP contribution is 2.44. The van der Waals surface area contributed by atoms with Gasteiger partial charge in [0.15, 0.2) is 11.5 Å². The molecule has 0 saturated carbocycles. The molecule has 0 aromatic heterocycles. The number of hydrogen-bond donors (Lipinski definition) is 1. The Morgan fingerprint density at radius 2 is 1.74 bits per heavy atom. The van der Waals surface area contributed by atoms with Gasteiger partial charge in [-0.2, -0.15) is 13.2 Å². The molecule has 0 unspecified atom stereocenters. The van der Waals surface area contributed by atoms with E-state index >= 15 is 0 Å². The van der Waals surface area contributed by atoms with Crippen molar-refractivity contribution in [2.24, 2.45) is 0 Å². The van der Waals surface area contributed by atoms with Gasteiger partial charge >= 0.3 is 17.9 Å². The lowest BCUT2D eigenvalue weighted by Gasteiger charge is -2.26. The Hall–Kier alpha value is -5.11. The summed E-state index contributed by atoms with van der Waals surface area (Å²) in [7, 11) is 1.44. The van der Waals surface area contributed by atoms with Crippen molar-refractivity contribution >= 4 is 46.9 Å². The van der Waals surface area contributed by atoms with Crippen LogP contribution in [0.25, 0.3) is 6.08 Å². The number of halogens is 4. The second-order valence-corrected chi connectivity index (χ2v) is 8.87. The average Bonchev–Trinajstić information content (AvgIpc) is 2.92. The molecule has 1 saturated heterocycles. The van der Waals surface area contributed by atoms with E-state index in [-0.39, 0.29) is 34.4 Å². The van der Waals surface area contributed by atoms with Crippen LogP contribution in [0.5, 0.6) is 23.0 Å². The van der Waals surface area contributed by atoms with E-state index in [2.05, 4.69) is 5.32 Å². The van der Waals surface area contributed by atoms with E-state index < -0.39 is 51.5 Å². The van der Waals surface area contributed by atoms with Gasteiger partial charge in [-0.25, -0.2) is 9.69 Å². The first-order chi connectivity index (χ1) is 19.8. The van der Waals surface area contributed by atoms with Gasteiger partial charge in [0, 0.05) is 6.07 Å². The third kappa shape index (κ3) is 6.12. The lowest BCUT2D eigenvalue weighted by molar-refractivity contribution is -0.385. The molecular formula is C27H19ClF3N3O8. The standard InChI is InChI=1S/C27H19ClF3N3O8/c1-3-41-22-12-14(10-18-24(35)32-26(37)33(25(18)36)16-5-7-17(40-2)8-6-16)11-19(28)23(22)42-21-9-4-15(27(29,30)31)13-20(21)34(38)39/h4-13H,3H2,1-2H3,(H,32,35,37)/b18-10+. The monoisotopic (exact) mass is 605 g/mol. The Labute approximate surface area is 240 Å².